The van der Waals surface area contributed by atoms with E-state index in [-0.39, 0.29) is 24.9 Å². The van der Waals surface area contributed by atoms with Gasteiger partial charge < -0.3 is 15.4 Å². The number of carbonyl (C=O) groups excluding carboxylic acids is 2. The number of hydrogen-bond acceptors (Lipinski definition) is 3. The predicted molar refractivity (Wildman–Crippen MR) is 83.3 cm³/mol. The first kappa shape index (κ1) is 16.5. The SMILES string of the molecule is COC(=O)c1cccc(CNC(=O)NCc2cccc(F)c2)c1. The summed E-state index contributed by atoms with van der Waals surface area (Å²) in [6, 6.07) is 12.4. The molecule has 0 radical (unpaired) electrons. The van der Waals surface area contributed by atoms with Crippen molar-refractivity contribution in [3.8, 4) is 0 Å². The van der Waals surface area contributed by atoms with Crippen molar-refractivity contribution in [1.29, 1.82) is 0 Å². The number of amides is 2. The van der Waals surface area contributed by atoms with Crippen molar-refractivity contribution in [2.75, 3.05) is 7.11 Å². The number of nitrogens with one attached hydrogen (secondary N) is 2. The Balaban J connectivity index is 1.83. The second kappa shape index (κ2) is 7.93. The van der Waals surface area contributed by atoms with E-state index in [0.717, 1.165) is 5.56 Å². The molecule has 2 N–H and O–H groups in total. The Kier molecular flexibility index (Phi) is 5.68. The molecular weight excluding hydrogens is 299 g/mol. The largest absolute Gasteiger partial charge is 0.465 e. The van der Waals surface area contributed by atoms with Gasteiger partial charge in [0.2, 0.25) is 0 Å². The Hall–Kier alpha value is -2.89. The van der Waals surface area contributed by atoms with Gasteiger partial charge in [0.25, 0.3) is 0 Å². The fourth-order valence-electron chi connectivity index (χ4n) is 2.00. The molecule has 0 aliphatic rings. The normalized spacial score (nSPS) is 10.0. The molecule has 0 fully saturated rings. The lowest BCUT2D eigenvalue weighted by Gasteiger charge is -2.09. The van der Waals surface area contributed by atoms with E-state index in [2.05, 4.69) is 15.4 Å². The monoisotopic (exact) mass is 316 g/mol. The van der Waals surface area contributed by atoms with Gasteiger partial charge in [0.1, 0.15) is 5.82 Å². The standard InChI is InChI=1S/C17H17FN2O3/c1-23-16(21)14-6-2-4-12(8-14)10-19-17(22)20-11-13-5-3-7-15(18)9-13/h2-9H,10-11H2,1H3,(H2,19,20,22). The van der Waals surface area contributed by atoms with E-state index in [1.165, 1.54) is 19.2 Å². The van der Waals surface area contributed by atoms with Crippen LogP contribution < -0.4 is 10.6 Å². The van der Waals surface area contributed by atoms with Crippen molar-refractivity contribution in [1.82, 2.24) is 10.6 Å². The number of urea groups is 1. The van der Waals surface area contributed by atoms with E-state index in [4.69, 9.17) is 0 Å². The van der Waals surface area contributed by atoms with Gasteiger partial charge in [0.15, 0.2) is 0 Å². The number of carbonyl (C=O) groups is 2. The first-order valence-electron chi connectivity index (χ1n) is 7.02. The molecule has 5 nitrogen and oxygen atoms in total. The van der Waals surface area contributed by atoms with Crippen molar-refractivity contribution >= 4 is 12.0 Å². The van der Waals surface area contributed by atoms with Gasteiger partial charge >= 0.3 is 12.0 Å². The van der Waals surface area contributed by atoms with Crippen LogP contribution in [0.15, 0.2) is 48.5 Å². The van der Waals surface area contributed by atoms with Gasteiger partial charge in [-0.2, -0.15) is 0 Å². The summed E-state index contributed by atoms with van der Waals surface area (Å²) < 4.78 is 17.7. The molecule has 0 heterocycles. The average Bonchev–Trinajstić information content (AvgIpc) is 2.57. The van der Waals surface area contributed by atoms with Gasteiger partial charge in [-0.3, -0.25) is 0 Å². The summed E-state index contributed by atoms with van der Waals surface area (Å²) in [7, 11) is 1.31. The molecule has 0 aliphatic heterocycles. The van der Waals surface area contributed by atoms with Gasteiger partial charge in [0, 0.05) is 13.1 Å². The van der Waals surface area contributed by atoms with E-state index in [1.807, 2.05) is 0 Å². The number of rotatable bonds is 5. The van der Waals surface area contributed by atoms with Crippen LogP contribution in [0.2, 0.25) is 0 Å². The van der Waals surface area contributed by atoms with Crippen molar-refractivity contribution < 1.29 is 18.7 Å². The first-order valence-corrected chi connectivity index (χ1v) is 7.02. The Bertz CT molecular complexity index is 704. The lowest BCUT2D eigenvalue weighted by atomic mass is 10.1. The summed E-state index contributed by atoms with van der Waals surface area (Å²) in [5, 5.41) is 5.31. The van der Waals surface area contributed by atoms with Crippen LogP contribution in [0.5, 0.6) is 0 Å². The molecule has 0 unspecified atom stereocenters. The molecule has 0 atom stereocenters. The zero-order chi connectivity index (χ0) is 16.7. The Morgan fingerprint density at radius 1 is 1.00 bits per heavy atom. The van der Waals surface area contributed by atoms with Gasteiger partial charge in [-0.15, -0.1) is 0 Å². The molecule has 2 aromatic rings. The Morgan fingerprint density at radius 2 is 1.61 bits per heavy atom. The Morgan fingerprint density at radius 3 is 2.22 bits per heavy atom. The molecule has 0 spiro atoms. The van der Waals surface area contributed by atoms with Gasteiger partial charge in [-0.25, -0.2) is 14.0 Å². The molecule has 0 bridgehead atoms. The van der Waals surface area contributed by atoms with Crippen LogP contribution in [-0.2, 0) is 17.8 Å². The molecule has 0 saturated carbocycles. The third-order valence-electron chi connectivity index (χ3n) is 3.14. The molecule has 2 aromatic carbocycles. The molecule has 0 saturated heterocycles. The highest BCUT2D eigenvalue weighted by molar-refractivity contribution is 5.89. The van der Waals surface area contributed by atoms with Crippen LogP contribution in [-0.4, -0.2) is 19.1 Å². The van der Waals surface area contributed by atoms with Crippen molar-refractivity contribution in [2.45, 2.75) is 13.1 Å². The highest BCUT2D eigenvalue weighted by atomic mass is 19.1. The van der Waals surface area contributed by atoms with Crippen LogP contribution >= 0.6 is 0 Å². The number of ether oxygens (including phenoxy) is 1. The average molecular weight is 316 g/mol. The number of methoxy groups -OCH3 is 1. The molecule has 2 amide bonds. The van der Waals surface area contributed by atoms with Crippen molar-refractivity contribution in [3.63, 3.8) is 0 Å². The molecule has 120 valence electrons. The van der Waals surface area contributed by atoms with Crippen molar-refractivity contribution in [2.24, 2.45) is 0 Å². The molecule has 0 aromatic heterocycles. The minimum absolute atomic E-state index is 0.228. The fourth-order valence-corrected chi connectivity index (χ4v) is 2.00. The topological polar surface area (TPSA) is 67.4 Å². The molecular formula is C17H17FN2O3. The number of esters is 1. The zero-order valence-corrected chi connectivity index (χ0v) is 12.6. The van der Waals surface area contributed by atoms with E-state index in [0.29, 0.717) is 11.1 Å². The highest BCUT2D eigenvalue weighted by Gasteiger charge is 2.06. The van der Waals surface area contributed by atoms with Crippen LogP contribution in [0.4, 0.5) is 9.18 Å². The number of hydrogen-bond donors (Lipinski definition) is 2. The summed E-state index contributed by atoms with van der Waals surface area (Å²) in [5.41, 5.74) is 1.87. The highest BCUT2D eigenvalue weighted by Crippen LogP contribution is 2.06. The summed E-state index contributed by atoms with van der Waals surface area (Å²) in [6.07, 6.45) is 0. The predicted octanol–water partition coefficient (Wildman–Crippen LogP) is 2.61. The van der Waals surface area contributed by atoms with Gasteiger partial charge in [-0.05, 0) is 35.4 Å². The van der Waals surface area contributed by atoms with Crippen molar-refractivity contribution in [3.05, 3.63) is 71.0 Å². The van der Waals surface area contributed by atoms with E-state index in [1.54, 1.807) is 36.4 Å². The summed E-state index contributed by atoms with van der Waals surface area (Å²) >= 11 is 0. The molecule has 6 heteroatoms. The summed E-state index contributed by atoms with van der Waals surface area (Å²) in [6.45, 7) is 0.492. The second-order valence-electron chi connectivity index (χ2n) is 4.86. The van der Waals surface area contributed by atoms with Crippen LogP contribution in [0.3, 0.4) is 0 Å². The lowest BCUT2D eigenvalue weighted by molar-refractivity contribution is 0.0600. The smallest absolute Gasteiger partial charge is 0.337 e. The Labute approximate surface area is 133 Å². The van der Waals surface area contributed by atoms with Gasteiger partial charge in [-0.1, -0.05) is 24.3 Å². The third kappa shape index (κ3) is 5.10. The lowest BCUT2D eigenvalue weighted by Crippen LogP contribution is -2.34. The quantitative estimate of drug-likeness (QED) is 0.833. The zero-order valence-electron chi connectivity index (χ0n) is 12.6. The maximum absolute atomic E-state index is 13.0. The van der Waals surface area contributed by atoms with Crippen LogP contribution in [0.25, 0.3) is 0 Å². The fraction of sp³-hybridized carbons (Fsp3) is 0.176. The minimum Gasteiger partial charge on any atom is -0.465 e. The number of benzene rings is 2. The van der Waals surface area contributed by atoms with Gasteiger partial charge in [0.05, 0.1) is 12.7 Å². The molecule has 0 aliphatic carbocycles. The third-order valence-corrected chi connectivity index (χ3v) is 3.14. The molecule has 23 heavy (non-hydrogen) atoms. The van der Waals surface area contributed by atoms with E-state index >= 15 is 0 Å². The second-order valence-corrected chi connectivity index (χ2v) is 4.86. The summed E-state index contributed by atoms with van der Waals surface area (Å²) in [4.78, 5) is 23.2. The minimum atomic E-state index is -0.428. The van der Waals surface area contributed by atoms with E-state index in [9.17, 15) is 14.0 Å². The maximum Gasteiger partial charge on any atom is 0.337 e. The van der Waals surface area contributed by atoms with Crippen LogP contribution in [0, 0.1) is 5.82 Å². The number of halogens is 1. The summed E-state index contributed by atoms with van der Waals surface area (Å²) in [5.74, 6) is -0.772. The van der Waals surface area contributed by atoms with E-state index < -0.39 is 5.97 Å². The van der Waals surface area contributed by atoms with Crippen LogP contribution in [0.1, 0.15) is 21.5 Å². The first-order chi connectivity index (χ1) is 11.1. The maximum atomic E-state index is 13.0. The molecule has 2 rings (SSSR count).